The molecule has 0 bridgehead atoms. The van der Waals surface area contributed by atoms with E-state index in [0.29, 0.717) is 6.61 Å². The molecule has 3 nitrogen and oxygen atoms in total. The Kier molecular flexibility index (Phi) is 4.27. The van der Waals surface area contributed by atoms with E-state index in [-0.39, 0.29) is 12.0 Å². The van der Waals surface area contributed by atoms with Crippen LogP contribution in [0.5, 0.6) is 0 Å². The van der Waals surface area contributed by atoms with Gasteiger partial charge in [0.25, 0.3) is 0 Å². The number of nitrogens with zero attached hydrogens (tertiary/aromatic N) is 1. The zero-order valence-corrected chi connectivity index (χ0v) is 10.4. The SMILES string of the molecule is COCCN1CC(c2ccc(F)c(F)c2)[C@H](N)C1. The van der Waals surface area contributed by atoms with Crippen molar-refractivity contribution in [1.82, 2.24) is 4.90 Å². The predicted octanol–water partition coefficient (Wildman–Crippen LogP) is 1.34. The Labute approximate surface area is 106 Å². The Morgan fingerprint density at radius 2 is 2.11 bits per heavy atom. The molecular formula is C13H18F2N2O. The third-order valence-electron chi connectivity index (χ3n) is 3.42. The Bertz CT molecular complexity index is 414. The molecule has 1 aliphatic rings. The molecule has 100 valence electrons. The van der Waals surface area contributed by atoms with E-state index in [4.69, 9.17) is 10.5 Å². The molecule has 0 saturated carbocycles. The molecule has 18 heavy (non-hydrogen) atoms. The van der Waals surface area contributed by atoms with Crippen LogP contribution in [0.2, 0.25) is 0 Å². The van der Waals surface area contributed by atoms with Crippen LogP contribution in [0.4, 0.5) is 8.78 Å². The standard InChI is InChI=1S/C13H18F2N2O/c1-18-5-4-17-7-10(13(16)8-17)9-2-3-11(14)12(15)6-9/h2-3,6,10,13H,4-5,7-8,16H2,1H3/t10?,13-/m1/s1. The van der Waals surface area contributed by atoms with Crippen molar-refractivity contribution in [3.8, 4) is 0 Å². The summed E-state index contributed by atoms with van der Waals surface area (Å²) in [5.74, 6) is -1.58. The lowest BCUT2D eigenvalue weighted by molar-refractivity contribution is 0.160. The fraction of sp³-hybridized carbons (Fsp3) is 0.538. The molecule has 2 atom stereocenters. The van der Waals surface area contributed by atoms with Crippen molar-refractivity contribution in [3.63, 3.8) is 0 Å². The number of halogens is 2. The van der Waals surface area contributed by atoms with Gasteiger partial charge >= 0.3 is 0 Å². The molecule has 5 heteroatoms. The highest BCUT2D eigenvalue weighted by Crippen LogP contribution is 2.27. The average Bonchev–Trinajstić information content (AvgIpc) is 2.71. The van der Waals surface area contributed by atoms with Crippen molar-refractivity contribution < 1.29 is 13.5 Å². The summed E-state index contributed by atoms with van der Waals surface area (Å²) in [6.45, 7) is 2.98. The van der Waals surface area contributed by atoms with Gasteiger partial charge in [-0.05, 0) is 17.7 Å². The number of benzene rings is 1. The lowest BCUT2D eigenvalue weighted by Crippen LogP contribution is -2.30. The first-order valence-corrected chi connectivity index (χ1v) is 6.03. The maximum Gasteiger partial charge on any atom is 0.159 e. The third-order valence-corrected chi connectivity index (χ3v) is 3.42. The van der Waals surface area contributed by atoms with Crippen molar-refractivity contribution in [2.45, 2.75) is 12.0 Å². The van der Waals surface area contributed by atoms with E-state index in [1.807, 2.05) is 0 Å². The van der Waals surface area contributed by atoms with Crippen LogP contribution in [0, 0.1) is 11.6 Å². The van der Waals surface area contributed by atoms with Gasteiger partial charge in [0.15, 0.2) is 11.6 Å². The molecule has 0 amide bonds. The van der Waals surface area contributed by atoms with E-state index in [9.17, 15) is 8.78 Å². The second kappa shape index (κ2) is 5.73. The second-order valence-corrected chi connectivity index (χ2v) is 4.70. The second-order valence-electron chi connectivity index (χ2n) is 4.70. The van der Waals surface area contributed by atoms with Crippen molar-refractivity contribution in [3.05, 3.63) is 35.4 Å². The molecule has 1 aromatic carbocycles. The summed E-state index contributed by atoms with van der Waals surface area (Å²) in [7, 11) is 1.66. The van der Waals surface area contributed by atoms with E-state index < -0.39 is 11.6 Å². The largest absolute Gasteiger partial charge is 0.383 e. The van der Waals surface area contributed by atoms with E-state index in [1.165, 1.54) is 6.07 Å². The molecular weight excluding hydrogens is 238 g/mol. The fourth-order valence-corrected chi connectivity index (χ4v) is 2.41. The number of methoxy groups -OCH3 is 1. The number of ether oxygens (including phenoxy) is 1. The van der Waals surface area contributed by atoms with Crippen LogP contribution in [0.1, 0.15) is 11.5 Å². The Balaban J connectivity index is 2.06. The smallest absolute Gasteiger partial charge is 0.159 e. The Morgan fingerprint density at radius 1 is 1.33 bits per heavy atom. The number of likely N-dealkylation sites (tertiary alicyclic amines) is 1. The van der Waals surface area contributed by atoms with Crippen LogP contribution in [-0.2, 0) is 4.74 Å². The monoisotopic (exact) mass is 256 g/mol. The van der Waals surface area contributed by atoms with Gasteiger partial charge in [-0.15, -0.1) is 0 Å². The van der Waals surface area contributed by atoms with Gasteiger partial charge in [0.2, 0.25) is 0 Å². The molecule has 1 fully saturated rings. The van der Waals surface area contributed by atoms with E-state index in [2.05, 4.69) is 4.90 Å². The van der Waals surface area contributed by atoms with Crippen LogP contribution in [0.25, 0.3) is 0 Å². The molecule has 0 aliphatic carbocycles. The normalized spacial score (nSPS) is 24.7. The van der Waals surface area contributed by atoms with Crippen molar-refractivity contribution >= 4 is 0 Å². The highest BCUT2D eigenvalue weighted by atomic mass is 19.2. The van der Waals surface area contributed by atoms with Gasteiger partial charge in [0.05, 0.1) is 6.61 Å². The summed E-state index contributed by atoms with van der Waals surface area (Å²) in [6, 6.07) is 3.98. The summed E-state index contributed by atoms with van der Waals surface area (Å²) in [6.07, 6.45) is 0. The first-order valence-electron chi connectivity index (χ1n) is 6.03. The van der Waals surface area contributed by atoms with Gasteiger partial charge in [-0.3, -0.25) is 4.90 Å². The lowest BCUT2D eigenvalue weighted by Gasteiger charge is -2.15. The maximum atomic E-state index is 13.2. The van der Waals surface area contributed by atoms with Crippen LogP contribution in [0.15, 0.2) is 18.2 Å². The quantitative estimate of drug-likeness (QED) is 0.883. The van der Waals surface area contributed by atoms with Gasteiger partial charge in [0, 0.05) is 38.7 Å². The van der Waals surface area contributed by atoms with E-state index >= 15 is 0 Å². The van der Waals surface area contributed by atoms with Crippen molar-refractivity contribution in [1.29, 1.82) is 0 Å². The highest BCUT2D eigenvalue weighted by molar-refractivity contribution is 5.25. The van der Waals surface area contributed by atoms with Crippen LogP contribution in [-0.4, -0.2) is 44.3 Å². The number of nitrogens with two attached hydrogens (primary N) is 1. The summed E-state index contributed by atoms with van der Waals surface area (Å²) < 4.78 is 31.1. The Hall–Kier alpha value is -1.04. The molecule has 0 radical (unpaired) electrons. The molecule has 1 aliphatic heterocycles. The van der Waals surface area contributed by atoms with Gasteiger partial charge < -0.3 is 10.5 Å². The van der Waals surface area contributed by atoms with Crippen molar-refractivity contribution in [2.24, 2.45) is 5.73 Å². The molecule has 1 heterocycles. The minimum absolute atomic E-state index is 0.0493. The number of hydrogen-bond donors (Lipinski definition) is 1. The van der Waals surface area contributed by atoms with Gasteiger partial charge in [-0.1, -0.05) is 6.07 Å². The van der Waals surface area contributed by atoms with Gasteiger partial charge in [-0.25, -0.2) is 8.78 Å². The predicted molar refractivity (Wildman–Crippen MR) is 65.4 cm³/mol. The average molecular weight is 256 g/mol. The molecule has 1 unspecified atom stereocenters. The topological polar surface area (TPSA) is 38.5 Å². The summed E-state index contributed by atoms with van der Waals surface area (Å²) >= 11 is 0. The first kappa shape index (κ1) is 13.4. The highest BCUT2D eigenvalue weighted by Gasteiger charge is 2.31. The molecule has 1 saturated heterocycles. The first-order chi connectivity index (χ1) is 8.61. The molecule has 1 aromatic rings. The number of hydrogen-bond acceptors (Lipinski definition) is 3. The molecule has 2 N–H and O–H groups in total. The minimum Gasteiger partial charge on any atom is -0.383 e. The summed E-state index contributed by atoms with van der Waals surface area (Å²) in [4.78, 5) is 2.18. The van der Waals surface area contributed by atoms with Crippen LogP contribution in [0.3, 0.4) is 0 Å². The van der Waals surface area contributed by atoms with E-state index in [0.717, 1.165) is 31.3 Å². The van der Waals surface area contributed by atoms with Crippen LogP contribution < -0.4 is 5.73 Å². The molecule has 2 rings (SSSR count). The molecule has 0 aromatic heterocycles. The van der Waals surface area contributed by atoms with Gasteiger partial charge in [0.1, 0.15) is 0 Å². The van der Waals surface area contributed by atoms with Gasteiger partial charge in [-0.2, -0.15) is 0 Å². The number of rotatable bonds is 4. The zero-order chi connectivity index (χ0) is 13.1. The summed E-state index contributed by atoms with van der Waals surface area (Å²) in [5.41, 5.74) is 6.83. The Morgan fingerprint density at radius 3 is 2.78 bits per heavy atom. The van der Waals surface area contributed by atoms with Crippen molar-refractivity contribution in [2.75, 3.05) is 33.4 Å². The fourth-order valence-electron chi connectivity index (χ4n) is 2.41. The maximum absolute atomic E-state index is 13.2. The molecule has 0 spiro atoms. The van der Waals surface area contributed by atoms with E-state index in [1.54, 1.807) is 13.2 Å². The van der Waals surface area contributed by atoms with Crippen LogP contribution >= 0.6 is 0 Å². The summed E-state index contributed by atoms with van der Waals surface area (Å²) in [5, 5.41) is 0. The minimum atomic E-state index is -0.818. The lowest BCUT2D eigenvalue weighted by atomic mass is 9.95. The zero-order valence-electron chi connectivity index (χ0n) is 10.4. The third kappa shape index (κ3) is 2.85.